The molecule has 1 unspecified atom stereocenters. The van der Waals surface area contributed by atoms with E-state index in [0.29, 0.717) is 0 Å². The summed E-state index contributed by atoms with van der Waals surface area (Å²) in [6.07, 6.45) is -0.265. The van der Waals surface area contributed by atoms with Gasteiger partial charge in [-0.1, -0.05) is 115 Å². The quantitative estimate of drug-likeness (QED) is 0.140. The normalized spacial score (nSPS) is 13.6. The molecule has 0 spiro atoms. The molecule has 0 radical (unpaired) electrons. The second kappa shape index (κ2) is 10.8. The number of fused-ring (bicyclic) bond motifs is 5. The van der Waals surface area contributed by atoms with Gasteiger partial charge in [-0.15, -0.1) is 0 Å². The summed E-state index contributed by atoms with van der Waals surface area (Å²) in [5.41, 5.74) is 7.22. The lowest BCUT2D eigenvalue weighted by molar-refractivity contribution is 0.263. The number of para-hydroxylation sites is 1. The highest BCUT2D eigenvalue weighted by Crippen LogP contribution is 2.47. The lowest BCUT2D eigenvalue weighted by Gasteiger charge is -2.27. The van der Waals surface area contributed by atoms with Crippen LogP contribution in [0.5, 0.6) is 5.75 Å². The summed E-state index contributed by atoms with van der Waals surface area (Å²) >= 11 is 0. The molecule has 8 rings (SSSR count). The van der Waals surface area contributed by atoms with Crippen molar-refractivity contribution in [2.24, 2.45) is 0 Å². The third kappa shape index (κ3) is 4.51. The average molecular weight is 584 g/mol. The van der Waals surface area contributed by atoms with E-state index in [0.717, 1.165) is 61.3 Å². The molecule has 45 heavy (non-hydrogen) atoms. The Labute approximate surface area is 260 Å². The van der Waals surface area contributed by atoms with E-state index in [2.05, 4.69) is 70.5 Å². The maximum Gasteiger partial charge on any atom is 0.196 e. The molecule has 0 saturated heterocycles. The van der Waals surface area contributed by atoms with E-state index < -0.39 is 0 Å². The van der Waals surface area contributed by atoms with Crippen LogP contribution >= 0.6 is 0 Å². The fourth-order valence-electron chi connectivity index (χ4n) is 6.20. The monoisotopic (exact) mass is 583 g/mol. The van der Waals surface area contributed by atoms with Gasteiger partial charge in [0.05, 0.1) is 27.8 Å². The minimum Gasteiger partial charge on any atom is -0.464 e. The van der Waals surface area contributed by atoms with Crippen LogP contribution < -0.4 is 15.0 Å². The minimum absolute atomic E-state index is 0.230. The molecule has 0 fully saturated rings. The Morgan fingerprint density at radius 2 is 1.24 bits per heavy atom. The highest BCUT2D eigenvalue weighted by atomic mass is 16.5. The van der Waals surface area contributed by atoms with Gasteiger partial charge in [0.1, 0.15) is 11.7 Å². The first-order valence-corrected chi connectivity index (χ1v) is 14.9. The van der Waals surface area contributed by atoms with Crippen molar-refractivity contribution in [3.63, 3.8) is 0 Å². The van der Waals surface area contributed by atoms with Gasteiger partial charge in [0, 0.05) is 27.8 Å². The summed E-state index contributed by atoms with van der Waals surface area (Å²) in [5, 5.41) is 24.2. The summed E-state index contributed by atoms with van der Waals surface area (Å²) in [6.45, 7) is 0. The third-order valence-electron chi connectivity index (χ3n) is 8.30. The Hall–Kier alpha value is -6.14. The molecule has 6 heteroatoms. The first-order valence-electron chi connectivity index (χ1n) is 14.9. The van der Waals surface area contributed by atoms with Crippen molar-refractivity contribution in [2.75, 3.05) is 10.2 Å². The van der Waals surface area contributed by atoms with Gasteiger partial charge >= 0.3 is 0 Å². The molecule has 1 aromatic heterocycles. The van der Waals surface area contributed by atoms with Gasteiger partial charge in [-0.25, -0.2) is 0 Å². The molecular weight excluding hydrogens is 554 g/mol. The largest absolute Gasteiger partial charge is 0.464 e. The maximum atomic E-state index is 9.24. The first-order chi connectivity index (χ1) is 22.2. The average Bonchev–Trinajstić information content (AvgIpc) is 3.69. The zero-order chi connectivity index (χ0) is 30.3. The Bertz CT molecular complexity index is 2160. The molecule has 6 aromatic carbocycles. The Balaban J connectivity index is 1.28. The van der Waals surface area contributed by atoms with E-state index in [9.17, 15) is 10.8 Å². The predicted octanol–water partition coefficient (Wildman–Crippen LogP) is 9.14. The molecule has 1 atom stereocenters. The van der Waals surface area contributed by atoms with Crippen LogP contribution in [-0.4, -0.2) is 16.2 Å². The summed E-state index contributed by atoms with van der Waals surface area (Å²) in [5.74, 6) is 1.30. The zero-order valence-corrected chi connectivity index (χ0v) is 24.3. The highest BCUT2D eigenvalue weighted by Gasteiger charge is 2.28. The van der Waals surface area contributed by atoms with E-state index in [1.807, 2.05) is 91.0 Å². The Morgan fingerprint density at radius 3 is 1.93 bits per heavy atom. The molecule has 0 amide bonds. The van der Waals surface area contributed by atoms with Crippen LogP contribution in [-0.2, 0) is 0 Å². The van der Waals surface area contributed by atoms with Crippen LogP contribution in [0, 0.1) is 10.8 Å². The summed E-state index contributed by atoms with van der Waals surface area (Å²) in [4.78, 5) is 1.71. The number of nitrogens with one attached hydrogen (secondary N) is 3. The molecule has 7 aromatic rings. The molecule has 0 aliphatic carbocycles. The molecule has 0 bridgehead atoms. The fraction of sp³-hybridized carbons (Fsp3) is 0.0256. The third-order valence-corrected chi connectivity index (χ3v) is 8.30. The van der Waals surface area contributed by atoms with Crippen molar-refractivity contribution in [2.45, 2.75) is 6.23 Å². The number of ether oxygens (including phenoxy) is 1. The number of hydrogen-bond donors (Lipinski definition) is 3. The van der Waals surface area contributed by atoms with Crippen molar-refractivity contribution in [1.29, 1.82) is 10.8 Å². The van der Waals surface area contributed by atoms with E-state index in [4.69, 9.17) is 4.74 Å². The standard InChI is InChI=1S/C39H29N5O/c40-37(26-13-4-1-5-14-26)44(38(41)27-15-6-2-7-16-27)30-20-12-19-29(25-30)43-33-22-11-10-21-31(33)35-34(43)24-23-32-36(35)45-39(42-32)28-17-8-3-9-18-28/h1-25,39-42H. The molecule has 1 aliphatic rings. The number of anilines is 2. The fourth-order valence-corrected chi connectivity index (χ4v) is 6.20. The SMILES string of the molecule is N=C(c1ccccc1)N(C(=N)c1ccccc1)c1cccc(-n2c3ccccc3c3c4c(ccc32)NC(c2ccccc2)O4)c1. The number of benzene rings is 6. The number of nitrogens with zero attached hydrogens (tertiary/aromatic N) is 2. The van der Waals surface area contributed by atoms with E-state index in [1.165, 1.54) is 0 Å². The van der Waals surface area contributed by atoms with Gasteiger partial charge in [-0.05, 0) is 36.4 Å². The molecule has 6 nitrogen and oxygen atoms in total. The van der Waals surface area contributed by atoms with E-state index >= 15 is 0 Å². The van der Waals surface area contributed by atoms with E-state index in [1.54, 1.807) is 4.90 Å². The number of rotatable bonds is 5. The lowest BCUT2D eigenvalue weighted by atomic mass is 10.1. The van der Waals surface area contributed by atoms with Gasteiger partial charge in [-0.3, -0.25) is 15.7 Å². The lowest BCUT2D eigenvalue weighted by Crippen LogP contribution is -2.37. The molecule has 3 N–H and O–H groups in total. The first kappa shape index (κ1) is 26.5. The highest BCUT2D eigenvalue weighted by molar-refractivity contribution is 6.27. The van der Waals surface area contributed by atoms with Crippen LogP contribution in [0.4, 0.5) is 11.4 Å². The van der Waals surface area contributed by atoms with Gasteiger partial charge in [0.25, 0.3) is 0 Å². The summed E-state index contributed by atoms with van der Waals surface area (Å²) < 4.78 is 8.84. The number of hydrogen-bond acceptors (Lipinski definition) is 4. The van der Waals surface area contributed by atoms with Crippen molar-refractivity contribution in [3.05, 3.63) is 168 Å². The Kier molecular flexibility index (Phi) is 6.38. The van der Waals surface area contributed by atoms with Gasteiger partial charge in [0.2, 0.25) is 0 Å². The number of aromatic nitrogens is 1. The van der Waals surface area contributed by atoms with Gasteiger partial charge in [-0.2, -0.15) is 0 Å². The van der Waals surface area contributed by atoms with Crippen LogP contribution in [0.15, 0.2) is 152 Å². The van der Waals surface area contributed by atoms with Crippen molar-refractivity contribution >= 4 is 44.9 Å². The second-order valence-electron chi connectivity index (χ2n) is 11.0. The van der Waals surface area contributed by atoms with Crippen LogP contribution in [0.2, 0.25) is 0 Å². The maximum absolute atomic E-state index is 9.24. The second-order valence-corrected chi connectivity index (χ2v) is 11.0. The molecule has 216 valence electrons. The van der Waals surface area contributed by atoms with Gasteiger partial charge < -0.3 is 14.6 Å². The molecule has 2 heterocycles. The van der Waals surface area contributed by atoms with Crippen molar-refractivity contribution in [3.8, 4) is 11.4 Å². The Morgan fingerprint density at radius 1 is 0.622 bits per heavy atom. The van der Waals surface area contributed by atoms with E-state index in [-0.39, 0.29) is 17.9 Å². The summed E-state index contributed by atoms with van der Waals surface area (Å²) in [6, 6.07) is 50.0. The summed E-state index contributed by atoms with van der Waals surface area (Å²) in [7, 11) is 0. The van der Waals surface area contributed by atoms with Crippen molar-refractivity contribution < 1.29 is 4.74 Å². The molecule has 1 aliphatic heterocycles. The number of amidine groups is 2. The smallest absolute Gasteiger partial charge is 0.196 e. The minimum atomic E-state index is -0.265. The molecule has 0 saturated carbocycles. The molecular formula is C39H29N5O. The van der Waals surface area contributed by atoms with Crippen LogP contribution in [0.3, 0.4) is 0 Å². The van der Waals surface area contributed by atoms with Crippen LogP contribution in [0.1, 0.15) is 22.9 Å². The van der Waals surface area contributed by atoms with Crippen molar-refractivity contribution in [1.82, 2.24) is 4.57 Å². The van der Waals surface area contributed by atoms with Gasteiger partial charge in [0.15, 0.2) is 12.0 Å². The zero-order valence-electron chi connectivity index (χ0n) is 24.3. The predicted molar refractivity (Wildman–Crippen MR) is 183 cm³/mol. The van der Waals surface area contributed by atoms with Crippen LogP contribution in [0.25, 0.3) is 27.5 Å². The topological polar surface area (TPSA) is 77.1 Å².